The van der Waals surface area contributed by atoms with Gasteiger partial charge < -0.3 is 23.9 Å². The molecule has 0 N–H and O–H groups in total. The number of carbonyl (C=O) groups excluding carboxylic acids is 3. The van der Waals surface area contributed by atoms with Gasteiger partial charge in [-0.2, -0.15) is 0 Å². The molecule has 1 amide bonds. The summed E-state index contributed by atoms with van der Waals surface area (Å²) in [5.41, 5.74) is 1.91. The highest BCUT2D eigenvalue weighted by Crippen LogP contribution is 2.46. The number of benzene rings is 1. The lowest BCUT2D eigenvalue weighted by molar-refractivity contribution is -0.148. The summed E-state index contributed by atoms with van der Waals surface area (Å²) in [5, 5.41) is 0. The summed E-state index contributed by atoms with van der Waals surface area (Å²) in [4.78, 5) is 37.5. The van der Waals surface area contributed by atoms with Crippen LogP contribution in [0.3, 0.4) is 0 Å². The number of nitrogens with zero attached hydrogens (tertiary/aromatic N) is 1. The molecule has 0 aromatic heterocycles. The number of ether oxygens (including phenoxy) is 3. The van der Waals surface area contributed by atoms with Crippen LogP contribution in [0.15, 0.2) is 12.1 Å². The third-order valence-corrected chi connectivity index (χ3v) is 5.05. The molecule has 1 fully saturated rings. The Hall–Kier alpha value is -2.57. The molecule has 1 aromatic rings. The van der Waals surface area contributed by atoms with Crippen LogP contribution in [0.25, 0.3) is 0 Å². The maximum Gasteiger partial charge on any atom is 0.302 e. The molecule has 0 radical (unpaired) electrons. The number of esters is 1. The first-order chi connectivity index (χ1) is 11.9. The first kappa shape index (κ1) is 15.9. The van der Waals surface area contributed by atoms with Gasteiger partial charge in [-0.25, -0.2) is 0 Å². The van der Waals surface area contributed by atoms with Crippen molar-refractivity contribution in [2.24, 2.45) is 0 Å². The molecule has 0 spiro atoms. The number of ketones is 1. The first-order valence-electron chi connectivity index (χ1n) is 8.32. The lowest BCUT2D eigenvalue weighted by Crippen LogP contribution is -2.46. The fourth-order valence-electron chi connectivity index (χ4n) is 4.16. The highest BCUT2D eigenvalue weighted by molar-refractivity contribution is 5.83. The van der Waals surface area contributed by atoms with Crippen molar-refractivity contribution < 1.29 is 28.6 Å². The normalized spacial score (nSPS) is 26.2. The number of hydrogen-bond donors (Lipinski definition) is 0. The largest absolute Gasteiger partial charge is 0.460 e. The highest BCUT2D eigenvalue weighted by atomic mass is 16.7. The summed E-state index contributed by atoms with van der Waals surface area (Å²) in [6.07, 6.45) is -0.106. The molecular weight excluding hydrogens is 326 g/mol. The summed E-state index contributed by atoms with van der Waals surface area (Å²) < 4.78 is 16.3. The molecule has 3 atom stereocenters. The predicted octanol–water partition coefficient (Wildman–Crippen LogP) is 1.52. The minimum Gasteiger partial charge on any atom is -0.460 e. The summed E-state index contributed by atoms with van der Waals surface area (Å²) in [6, 6.07) is 3.46. The van der Waals surface area contributed by atoms with Crippen molar-refractivity contribution in [1.82, 2.24) is 4.90 Å². The maximum atomic E-state index is 12.5. The number of amides is 1. The molecule has 0 saturated carbocycles. The van der Waals surface area contributed by atoms with Crippen LogP contribution in [0, 0.1) is 0 Å². The fraction of sp³-hybridized carbons (Fsp3) is 0.500. The van der Waals surface area contributed by atoms with Gasteiger partial charge in [-0.1, -0.05) is 0 Å². The monoisotopic (exact) mass is 345 g/mol. The summed E-state index contributed by atoms with van der Waals surface area (Å²) in [6.45, 7) is 3.45. The number of carbonyl (C=O) groups is 3. The number of hydrogen-bond acceptors (Lipinski definition) is 6. The molecule has 3 heterocycles. The average Bonchev–Trinajstić information content (AvgIpc) is 3.09. The van der Waals surface area contributed by atoms with Crippen molar-refractivity contribution in [3.63, 3.8) is 0 Å². The number of rotatable bonds is 3. The fourth-order valence-corrected chi connectivity index (χ4v) is 4.16. The van der Waals surface area contributed by atoms with Gasteiger partial charge in [0.2, 0.25) is 12.7 Å². The molecule has 0 unspecified atom stereocenters. The van der Waals surface area contributed by atoms with Gasteiger partial charge in [-0.05, 0) is 30.2 Å². The SMILES string of the molecule is CC(=O)C[C@@H]1c2cc3c(cc2CN2C(=O)C[C@H](OC(C)=O)[C@H]12)OCO3. The van der Waals surface area contributed by atoms with Crippen LogP contribution in [0.1, 0.15) is 43.7 Å². The summed E-state index contributed by atoms with van der Waals surface area (Å²) >= 11 is 0. The molecule has 0 aliphatic carbocycles. The average molecular weight is 345 g/mol. The third kappa shape index (κ3) is 2.63. The number of fused-ring (bicyclic) bond motifs is 3. The Bertz CT molecular complexity index is 773. The van der Waals surface area contributed by atoms with Gasteiger partial charge in [0.05, 0.1) is 12.5 Å². The molecule has 1 aromatic carbocycles. The molecule has 0 bridgehead atoms. The van der Waals surface area contributed by atoms with Gasteiger partial charge in [0.1, 0.15) is 11.9 Å². The predicted molar refractivity (Wildman–Crippen MR) is 85.1 cm³/mol. The van der Waals surface area contributed by atoms with Gasteiger partial charge in [0.25, 0.3) is 0 Å². The van der Waals surface area contributed by atoms with Crippen molar-refractivity contribution in [3.8, 4) is 11.5 Å². The Morgan fingerprint density at radius 1 is 1.24 bits per heavy atom. The maximum absolute atomic E-state index is 12.5. The van der Waals surface area contributed by atoms with Crippen molar-refractivity contribution in [2.45, 2.75) is 51.3 Å². The second-order valence-electron chi connectivity index (χ2n) is 6.78. The van der Waals surface area contributed by atoms with E-state index in [9.17, 15) is 14.4 Å². The second kappa shape index (κ2) is 5.75. The van der Waals surface area contributed by atoms with E-state index >= 15 is 0 Å². The van der Waals surface area contributed by atoms with Gasteiger partial charge in [0.15, 0.2) is 11.5 Å². The third-order valence-electron chi connectivity index (χ3n) is 5.05. The zero-order valence-electron chi connectivity index (χ0n) is 14.1. The Labute approximate surface area is 144 Å². The molecule has 4 rings (SSSR count). The van der Waals surface area contributed by atoms with E-state index in [2.05, 4.69) is 0 Å². The van der Waals surface area contributed by atoms with Gasteiger partial charge >= 0.3 is 5.97 Å². The molecule has 25 heavy (non-hydrogen) atoms. The van der Waals surface area contributed by atoms with E-state index in [4.69, 9.17) is 14.2 Å². The number of Topliss-reactive ketones (excluding diaryl/α,β-unsaturated/α-hetero) is 1. The molecular formula is C18H19NO6. The van der Waals surface area contributed by atoms with E-state index in [-0.39, 0.29) is 43.3 Å². The van der Waals surface area contributed by atoms with Crippen LogP contribution in [-0.4, -0.2) is 41.5 Å². The Morgan fingerprint density at radius 3 is 2.64 bits per heavy atom. The van der Waals surface area contributed by atoms with Crippen molar-refractivity contribution in [1.29, 1.82) is 0 Å². The zero-order valence-corrected chi connectivity index (χ0v) is 14.1. The van der Waals surface area contributed by atoms with E-state index in [0.717, 1.165) is 11.1 Å². The van der Waals surface area contributed by atoms with Crippen LogP contribution in [0.2, 0.25) is 0 Å². The Morgan fingerprint density at radius 2 is 1.96 bits per heavy atom. The van der Waals surface area contributed by atoms with Crippen molar-refractivity contribution in [3.05, 3.63) is 23.3 Å². The van der Waals surface area contributed by atoms with Crippen LogP contribution < -0.4 is 9.47 Å². The summed E-state index contributed by atoms with van der Waals surface area (Å²) in [7, 11) is 0. The molecule has 132 valence electrons. The lowest BCUT2D eigenvalue weighted by atomic mass is 9.79. The van der Waals surface area contributed by atoms with Crippen LogP contribution in [0.5, 0.6) is 11.5 Å². The van der Waals surface area contributed by atoms with Crippen molar-refractivity contribution in [2.75, 3.05) is 6.79 Å². The molecule has 3 aliphatic rings. The van der Waals surface area contributed by atoms with Crippen LogP contribution in [0.4, 0.5) is 0 Å². The van der Waals surface area contributed by atoms with Gasteiger partial charge in [0, 0.05) is 25.8 Å². The van der Waals surface area contributed by atoms with Crippen LogP contribution in [-0.2, 0) is 25.7 Å². The standard InChI is InChI=1S/C18H19NO6/c1-9(20)3-13-12-5-15-14(23-8-24-15)4-11(12)7-19-17(22)6-16(18(13)19)25-10(2)21/h4-5,13,16,18H,3,6-8H2,1-2H3/t13-,16+,18+/m1/s1. The Kier molecular flexibility index (Phi) is 3.67. The first-order valence-corrected chi connectivity index (χ1v) is 8.32. The van der Waals surface area contributed by atoms with E-state index in [1.807, 2.05) is 12.1 Å². The van der Waals surface area contributed by atoms with E-state index in [1.165, 1.54) is 13.8 Å². The lowest BCUT2D eigenvalue weighted by Gasteiger charge is -2.40. The Balaban J connectivity index is 1.79. The molecule has 1 saturated heterocycles. The minimum atomic E-state index is -0.534. The van der Waals surface area contributed by atoms with E-state index in [1.54, 1.807) is 4.90 Å². The highest BCUT2D eigenvalue weighted by Gasteiger charge is 2.50. The minimum absolute atomic E-state index is 0.0244. The zero-order chi connectivity index (χ0) is 17.7. The van der Waals surface area contributed by atoms with Crippen LogP contribution >= 0.6 is 0 Å². The quantitative estimate of drug-likeness (QED) is 0.773. The molecule has 7 heteroatoms. The van der Waals surface area contributed by atoms with Gasteiger partial charge in [-0.3, -0.25) is 9.59 Å². The molecule has 7 nitrogen and oxygen atoms in total. The van der Waals surface area contributed by atoms with Crippen molar-refractivity contribution >= 4 is 17.7 Å². The van der Waals surface area contributed by atoms with E-state index < -0.39 is 12.1 Å². The second-order valence-corrected chi connectivity index (χ2v) is 6.78. The topological polar surface area (TPSA) is 82.1 Å². The molecule has 3 aliphatic heterocycles. The van der Waals surface area contributed by atoms with Gasteiger partial charge in [-0.15, -0.1) is 0 Å². The van der Waals surface area contributed by atoms with E-state index in [0.29, 0.717) is 18.0 Å². The smallest absolute Gasteiger partial charge is 0.302 e. The summed E-state index contributed by atoms with van der Waals surface area (Å²) in [5.74, 6) is 0.616.